The predicted octanol–water partition coefficient (Wildman–Crippen LogP) is 9.16. The number of ether oxygens (including phenoxy) is 3. The largest absolute Gasteiger partial charge is 0.481 e. The number of nitrogen functional groups attached to an aromatic ring is 1. The van der Waals surface area contributed by atoms with Crippen LogP contribution < -0.4 is 11.4 Å². The SMILES string of the molecule is CC/C=C\C[C@H](O)/C=C/C=C\C/C=C\C=C\[C@H](O)/C=C\CCCC(=O)O[C@H](COC(=O)CCCCCCCCC/C=C\C/C=C\CCCCC)COP(=O)(O)OP(=O)(O)OC[C@H]1O[C@@H](n2ccc(N)nc2=O)[C@H](O)[C@@H]1O. The average molecular weight is 1110 g/mol. The van der Waals surface area contributed by atoms with E-state index in [1.165, 1.54) is 25.3 Å². The first-order chi connectivity index (χ1) is 36.5. The number of phosphoric acid groups is 2. The second kappa shape index (κ2) is 40.8. The summed E-state index contributed by atoms with van der Waals surface area (Å²) in [6.45, 7) is 1.74. The topological polar surface area (TPSA) is 306 Å². The Kier molecular flexibility index (Phi) is 36.3. The summed E-state index contributed by atoms with van der Waals surface area (Å²) in [5, 5.41) is 41.1. The number of anilines is 1. The number of aliphatic hydroxyl groups is 4. The number of nitrogens with zero attached hydrogens (tertiary/aromatic N) is 2. The van der Waals surface area contributed by atoms with Gasteiger partial charge in [0.15, 0.2) is 12.3 Å². The first kappa shape index (κ1) is 67.7. The predicted molar refractivity (Wildman–Crippen MR) is 291 cm³/mol. The van der Waals surface area contributed by atoms with Crippen molar-refractivity contribution in [2.24, 2.45) is 0 Å². The molecule has 9 atom stereocenters. The minimum atomic E-state index is -5.48. The van der Waals surface area contributed by atoms with Gasteiger partial charge in [0.05, 0.1) is 25.4 Å². The third kappa shape index (κ3) is 33.0. The summed E-state index contributed by atoms with van der Waals surface area (Å²) in [5.74, 6) is -1.51. The lowest BCUT2D eigenvalue weighted by Crippen LogP contribution is -2.36. The van der Waals surface area contributed by atoms with Crippen LogP contribution in [0.2, 0.25) is 0 Å². The molecule has 1 aromatic heterocycles. The number of rotatable bonds is 42. The van der Waals surface area contributed by atoms with Crippen LogP contribution in [-0.2, 0) is 46.3 Å². The van der Waals surface area contributed by atoms with Crippen LogP contribution in [0.15, 0.2) is 114 Å². The van der Waals surface area contributed by atoms with Crippen molar-refractivity contribution >= 4 is 33.4 Å². The molecule has 1 saturated heterocycles. The second-order valence-electron chi connectivity index (χ2n) is 18.0. The maximum atomic E-state index is 12.9. The van der Waals surface area contributed by atoms with E-state index >= 15 is 0 Å². The molecule has 0 amide bonds. The fourth-order valence-electron chi connectivity index (χ4n) is 7.20. The van der Waals surface area contributed by atoms with Crippen LogP contribution in [-0.4, -0.2) is 108 Å². The maximum absolute atomic E-state index is 12.9. The van der Waals surface area contributed by atoms with Crippen molar-refractivity contribution in [1.82, 2.24) is 9.55 Å². The number of esters is 2. The van der Waals surface area contributed by atoms with Crippen molar-refractivity contribution in [1.29, 1.82) is 0 Å². The molecule has 428 valence electrons. The zero-order valence-corrected chi connectivity index (χ0v) is 46.0. The fraction of sp³-hybridized carbons (Fsp3) is 0.593. The summed E-state index contributed by atoms with van der Waals surface area (Å²) in [6.07, 6.45) is 38.3. The van der Waals surface area contributed by atoms with Crippen molar-refractivity contribution in [2.45, 2.75) is 185 Å². The van der Waals surface area contributed by atoms with Crippen molar-refractivity contribution in [3.8, 4) is 0 Å². The van der Waals surface area contributed by atoms with E-state index in [2.05, 4.69) is 40.5 Å². The van der Waals surface area contributed by atoms with E-state index in [1.807, 2.05) is 37.3 Å². The van der Waals surface area contributed by atoms with E-state index in [1.54, 1.807) is 42.5 Å². The summed E-state index contributed by atoms with van der Waals surface area (Å²) >= 11 is 0. The van der Waals surface area contributed by atoms with Gasteiger partial charge in [-0.05, 0) is 76.7 Å². The highest BCUT2D eigenvalue weighted by Gasteiger charge is 2.46. The number of nitrogens with two attached hydrogens (primary N) is 1. The molecule has 8 N–H and O–H groups in total. The molecule has 0 radical (unpaired) electrons. The minimum Gasteiger partial charge on any atom is -0.462 e. The van der Waals surface area contributed by atoms with Gasteiger partial charge in [0, 0.05) is 19.0 Å². The molecule has 1 aliphatic heterocycles. The molecule has 22 heteroatoms. The number of phosphoric ester groups is 2. The van der Waals surface area contributed by atoms with Crippen LogP contribution in [0.3, 0.4) is 0 Å². The van der Waals surface area contributed by atoms with E-state index in [4.69, 9.17) is 29.0 Å². The zero-order valence-electron chi connectivity index (χ0n) is 44.2. The van der Waals surface area contributed by atoms with Crippen LogP contribution in [0.1, 0.15) is 148 Å². The highest BCUT2D eigenvalue weighted by molar-refractivity contribution is 7.61. The number of carbonyl (C=O) groups excluding carboxylic acids is 2. The number of carbonyl (C=O) groups is 2. The molecule has 1 aliphatic rings. The Balaban J connectivity index is 1.86. The van der Waals surface area contributed by atoms with Gasteiger partial charge in [-0.15, -0.1) is 0 Å². The number of aromatic nitrogens is 2. The highest BCUT2D eigenvalue weighted by Crippen LogP contribution is 2.60. The summed E-state index contributed by atoms with van der Waals surface area (Å²) in [4.78, 5) is 62.0. The Bertz CT molecular complexity index is 2190. The lowest BCUT2D eigenvalue weighted by molar-refractivity contribution is -0.161. The van der Waals surface area contributed by atoms with Gasteiger partial charge >= 0.3 is 33.3 Å². The van der Waals surface area contributed by atoms with Crippen LogP contribution in [0.4, 0.5) is 5.82 Å². The van der Waals surface area contributed by atoms with Crippen molar-refractivity contribution in [2.75, 3.05) is 25.6 Å². The van der Waals surface area contributed by atoms with Gasteiger partial charge in [-0.2, -0.15) is 9.29 Å². The lowest BCUT2D eigenvalue weighted by atomic mass is 10.1. The Morgan fingerprint density at radius 1 is 0.724 bits per heavy atom. The Hall–Kier alpha value is -4.40. The highest BCUT2D eigenvalue weighted by atomic mass is 31.3. The van der Waals surface area contributed by atoms with E-state index in [-0.39, 0.29) is 25.1 Å². The molecule has 0 saturated carbocycles. The van der Waals surface area contributed by atoms with Gasteiger partial charge < -0.3 is 50.2 Å². The molecule has 1 aromatic rings. The van der Waals surface area contributed by atoms with Crippen LogP contribution in [0.5, 0.6) is 0 Å². The Morgan fingerprint density at radius 3 is 2.03 bits per heavy atom. The quantitative estimate of drug-likeness (QED) is 0.0105. The van der Waals surface area contributed by atoms with Crippen LogP contribution in [0, 0.1) is 0 Å². The third-order valence-electron chi connectivity index (χ3n) is 11.3. The van der Waals surface area contributed by atoms with Crippen molar-refractivity contribution in [3.63, 3.8) is 0 Å². The summed E-state index contributed by atoms with van der Waals surface area (Å²) < 4.78 is 56.7. The Labute approximate surface area is 448 Å². The first-order valence-corrected chi connectivity index (χ1v) is 29.5. The molecule has 0 aliphatic carbocycles. The molecule has 0 bridgehead atoms. The summed E-state index contributed by atoms with van der Waals surface area (Å²) in [7, 11) is -11.0. The molecule has 0 aromatic carbocycles. The van der Waals surface area contributed by atoms with Crippen molar-refractivity contribution in [3.05, 3.63) is 120 Å². The molecular weight excluding hydrogens is 1020 g/mol. The van der Waals surface area contributed by atoms with Gasteiger partial charge in [-0.25, -0.2) is 13.9 Å². The van der Waals surface area contributed by atoms with Gasteiger partial charge in [0.2, 0.25) is 0 Å². The third-order valence-corrected chi connectivity index (χ3v) is 13.9. The number of aliphatic hydroxyl groups excluding tert-OH is 4. The standard InChI is InChI=1S/C54H85N3O17P2/c1-3-5-7-8-9-10-11-12-13-14-15-16-17-18-22-25-31-37-49(60)69-41-46(72-50(61)38-32-26-30-36-45(59)35-29-24-21-19-20-23-28-34-44(58)33-27-6-4-2)42-70-75(65,66)74-76(67,68)71-43-47-51(62)52(63)53(73-47)57-40-39-48(55)56-54(57)64/h6,9-10,12-13,20-21,23-24,27-30,34-36,39-40,44-47,51-53,58-59,62-63H,3-5,7-8,11,14-19,22,25-26,31-33,37-38,41-43H2,1-2H3,(H,65,66)(H,67,68)(H2,55,56,64)/b10-9-,13-12-,23-20-,24-21-,27-6-,34-28+,35-29+,36-30-/t44-,45-,46+,47+,51+,52+,53+/m0/s1. The van der Waals surface area contributed by atoms with Gasteiger partial charge in [-0.1, -0.05) is 156 Å². The number of hydrogen-bond acceptors (Lipinski definition) is 17. The van der Waals surface area contributed by atoms with Crippen LogP contribution in [0.25, 0.3) is 0 Å². The van der Waals surface area contributed by atoms with Gasteiger partial charge in [0.25, 0.3) is 0 Å². The molecular formula is C54H85N3O17P2. The second-order valence-corrected chi connectivity index (χ2v) is 21.1. The molecule has 2 rings (SSSR count). The maximum Gasteiger partial charge on any atom is 0.481 e. The molecule has 2 heterocycles. The average Bonchev–Trinajstić information content (AvgIpc) is 3.65. The molecule has 0 spiro atoms. The zero-order chi connectivity index (χ0) is 55.9. The van der Waals surface area contributed by atoms with Gasteiger partial charge in [0.1, 0.15) is 30.7 Å². The normalized spacial score (nSPS) is 20.3. The Morgan fingerprint density at radius 2 is 1.34 bits per heavy atom. The van der Waals surface area contributed by atoms with E-state index in [0.717, 1.165) is 75.0 Å². The number of hydrogen-bond donors (Lipinski definition) is 7. The van der Waals surface area contributed by atoms with E-state index < -0.39 is 95.9 Å². The fourth-order valence-corrected chi connectivity index (χ4v) is 9.31. The van der Waals surface area contributed by atoms with E-state index in [9.17, 15) is 53.7 Å². The number of allylic oxidation sites excluding steroid dienone is 12. The van der Waals surface area contributed by atoms with E-state index in [0.29, 0.717) is 25.7 Å². The molecule has 2 unspecified atom stereocenters. The lowest BCUT2D eigenvalue weighted by Gasteiger charge is -2.21. The minimum absolute atomic E-state index is 0.0693. The summed E-state index contributed by atoms with van der Waals surface area (Å²) in [6, 6.07) is 1.23. The van der Waals surface area contributed by atoms with Gasteiger partial charge in [-0.3, -0.25) is 23.2 Å². The smallest absolute Gasteiger partial charge is 0.462 e. The van der Waals surface area contributed by atoms with Crippen molar-refractivity contribution < 1.29 is 76.5 Å². The monoisotopic (exact) mass is 1110 g/mol. The summed E-state index contributed by atoms with van der Waals surface area (Å²) in [5.41, 5.74) is 4.57. The molecule has 76 heavy (non-hydrogen) atoms. The van der Waals surface area contributed by atoms with Crippen LogP contribution >= 0.6 is 15.6 Å². The first-order valence-electron chi connectivity index (χ1n) is 26.5. The molecule has 20 nitrogen and oxygen atoms in total. The molecule has 1 fully saturated rings. The number of unbranched alkanes of at least 4 members (excludes halogenated alkanes) is 11.